The first-order valence-electron chi connectivity index (χ1n) is 4.98. The van der Waals surface area contributed by atoms with Gasteiger partial charge in [-0.25, -0.2) is 4.79 Å². The minimum atomic E-state index is -1.01. The number of hydrogen-bond acceptors (Lipinski definition) is 3. The van der Waals surface area contributed by atoms with Gasteiger partial charge in [0, 0.05) is 18.1 Å². The molecule has 0 aromatic heterocycles. The van der Waals surface area contributed by atoms with Gasteiger partial charge in [-0.2, -0.15) is 0 Å². The quantitative estimate of drug-likeness (QED) is 0.291. The van der Waals surface area contributed by atoms with E-state index in [1.807, 2.05) is 6.92 Å². The van der Waals surface area contributed by atoms with Crippen LogP contribution in [0.25, 0.3) is 10.4 Å². The Hall–Kier alpha value is -1.26. The molecule has 0 aliphatic rings. The fraction of sp³-hybridized carbons (Fsp3) is 0.889. The van der Waals surface area contributed by atoms with Crippen molar-refractivity contribution in [1.29, 1.82) is 0 Å². The molecule has 0 spiro atoms. The number of azide groups is 1. The molecular formula is C9H17N3O3. The molecule has 0 aromatic carbocycles. The maximum Gasteiger partial charge on any atom is 0.333 e. The second-order valence-electron chi connectivity index (χ2n) is 3.37. The first-order valence-corrected chi connectivity index (χ1v) is 4.98. The highest BCUT2D eigenvalue weighted by Gasteiger charge is 2.24. The number of aliphatic carboxylic acids is 1. The van der Waals surface area contributed by atoms with Crippen molar-refractivity contribution in [2.24, 2.45) is 11.0 Å². The van der Waals surface area contributed by atoms with E-state index in [-0.39, 0.29) is 12.5 Å². The minimum Gasteiger partial charge on any atom is -0.479 e. The topological polar surface area (TPSA) is 95.3 Å². The van der Waals surface area contributed by atoms with Crippen LogP contribution in [0.1, 0.15) is 26.7 Å². The smallest absolute Gasteiger partial charge is 0.333 e. The van der Waals surface area contributed by atoms with Gasteiger partial charge in [-0.15, -0.1) is 0 Å². The zero-order chi connectivity index (χ0) is 11.7. The van der Waals surface area contributed by atoms with Gasteiger partial charge in [-0.05, 0) is 17.9 Å². The normalized spacial score (nSPS) is 14.0. The highest BCUT2D eigenvalue weighted by Crippen LogP contribution is 2.09. The monoisotopic (exact) mass is 215 g/mol. The van der Waals surface area contributed by atoms with Crippen molar-refractivity contribution in [3.63, 3.8) is 0 Å². The number of unbranched alkanes of at least 4 members (excludes halogenated alkanes) is 1. The summed E-state index contributed by atoms with van der Waals surface area (Å²) in [5.74, 6) is -1.32. The fourth-order valence-corrected chi connectivity index (χ4v) is 1.09. The number of ether oxygens (including phenoxy) is 1. The summed E-state index contributed by atoms with van der Waals surface area (Å²) in [5, 5.41) is 12.2. The SMILES string of the molecule is CCCCO[C@H](C(=O)O)[C@H](C)CN=[N+]=[N-]. The van der Waals surface area contributed by atoms with Crippen LogP contribution in [-0.2, 0) is 9.53 Å². The second-order valence-corrected chi connectivity index (χ2v) is 3.37. The largest absolute Gasteiger partial charge is 0.479 e. The summed E-state index contributed by atoms with van der Waals surface area (Å²) in [7, 11) is 0. The lowest BCUT2D eigenvalue weighted by molar-refractivity contribution is -0.153. The van der Waals surface area contributed by atoms with Crippen molar-refractivity contribution in [3.05, 3.63) is 10.4 Å². The van der Waals surface area contributed by atoms with Crippen molar-refractivity contribution in [2.75, 3.05) is 13.2 Å². The maximum absolute atomic E-state index is 10.8. The van der Waals surface area contributed by atoms with Crippen LogP contribution in [0.15, 0.2) is 5.11 Å². The van der Waals surface area contributed by atoms with Crippen molar-refractivity contribution in [3.8, 4) is 0 Å². The molecule has 2 atom stereocenters. The number of rotatable bonds is 8. The van der Waals surface area contributed by atoms with Gasteiger partial charge in [-0.1, -0.05) is 25.4 Å². The van der Waals surface area contributed by atoms with Gasteiger partial charge in [0.1, 0.15) is 0 Å². The Morgan fingerprint density at radius 1 is 1.67 bits per heavy atom. The van der Waals surface area contributed by atoms with Gasteiger partial charge >= 0.3 is 5.97 Å². The summed E-state index contributed by atoms with van der Waals surface area (Å²) in [4.78, 5) is 13.4. The van der Waals surface area contributed by atoms with E-state index in [9.17, 15) is 4.79 Å². The van der Waals surface area contributed by atoms with E-state index in [0.29, 0.717) is 6.61 Å². The van der Waals surface area contributed by atoms with Crippen molar-refractivity contribution < 1.29 is 14.6 Å². The molecule has 0 aliphatic heterocycles. The summed E-state index contributed by atoms with van der Waals surface area (Å²) in [6.45, 7) is 4.26. The van der Waals surface area contributed by atoms with Crippen LogP contribution in [0, 0.1) is 5.92 Å². The molecule has 15 heavy (non-hydrogen) atoms. The van der Waals surface area contributed by atoms with Crippen LogP contribution in [0.4, 0.5) is 0 Å². The Kier molecular flexibility index (Phi) is 7.40. The third-order valence-corrected chi connectivity index (χ3v) is 1.99. The maximum atomic E-state index is 10.8. The van der Waals surface area contributed by atoms with Crippen LogP contribution < -0.4 is 0 Å². The fourth-order valence-electron chi connectivity index (χ4n) is 1.09. The Morgan fingerprint density at radius 2 is 2.33 bits per heavy atom. The Balaban J connectivity index is 4.12. The van der Waals surface area contributed by atoms with Gasteiger partial charge < -0.3 is 9.84 Å². The van der Waals surface area contributed by atoms with Crippen LogP contribution in [0.3, 0.4) is 0 Å². The van der Waals surface area contributed by atoms with Gasteiger partial charge in [0.2, 0.25) is 0 Å². The van der Waals surface area contributed by atoms with E-state index in [4.69, 9.17) is 15.4 Å². The van der Waals surface area contributed by atoms with Gasteiger partial charge in [0.25, 0.3) is 0 Å². The molecule has 6 heteroatoms. The molecule has 0 bridgehead atoms. The number of carboxylic acids is 1. The summed E-state index contributed by atoms with van der Waals surface area (Å²) >= 11 is 0. The van der Waals surface area contributed by atoms with Crippen molar-refractivity contribution in [1.82, 2.24) is 0 Å². The van der Waals surface area contributed by atoms with Crippen LogP contribution in [0.5, 0.6) is 0 Å². The van der Waals surface area contributed by atoms with Crippen LogP contribution in [0.2, 0.25) is 0 Å². The molecule has 0 heterocycles. The zero-order valence-electron chi connectivity index (χ0n) is 9.09. The second kappa shape index (κ2) is 8.08. The molecule has 0 unspecified atom stereocenters. The van der Waals surface area contributed by atoms with E-state index in [1.165, 1.54) is 0 Å². The van der Waals surface area contributed by atoms with E-state index in [1.54, 1.807) is 6.92 Å². The molecule has 0 amide bonds. The standard InChI is InChI=1S/C9H17N3O3/c1-3-4-5-15-8(9(13)14)7(2)6-11-12-10/h7-8H,3-6H2,1-2H3,(H,13,14)/t7-,8+/m1/s1. The third kappa shape index (κ3) is 5.93. The van der Waals surface area contributed by atoms with Gasteiger partial charge in [0.15, 0.2) is 6.10 Å². The molecule has 6 nitrogen and oxygen atoms in total. The molecule has 0 aliphatic carbocycles. The third-order valence-electron chi connectivity index (χ3n) is 1.99. The lowest BCUT2D eigenvalue weighted by Gasteiger charge is -2.18. The molecule has 0 saturated carbocycles. The molecular weight excluding hydrogens is 198 g/mol. The molecule has 1 N–H and O–H groups in total. The number of carbonyl (C=O) groups is 1. The Bertz CT molecular complexity index is 239. The minimum absolute atomic E-state index is 0.138. The molecule has 0 rings (SSSR count). The number of hydrogen-bond donors (Lipinski definition) is 1. The van der Waals surface area contributed by atoms with Crippen molar-refractivity contribution in [2.45, 2.75) is 32.8 Å². The summed E-state index contributed by atoms with van der Waals surface area (Å²) in [5.41, 5.74) is 8.12. The molecule has 0 saturated heterocycles. The van der Waals surface area contributed by atoms with Crippen LogP contribution >= 0.6 is 0 Å². The van der Waals surface area contributed by atoms with Crippen molar-refractivity contribution >= 4 is 5.97 Å². The van der Waals surface area contributed by atoms with E-state index < -0.39 is 12.1 Å². The predicted molar refractivity (Wildman–Crippen MR) is 55.5 cm³/mol. The molecule has 0 fully saturated rings. The summed E-state index contributed by atoms with van der Waals surface area (Å²) in [6, 6.07) is 0. The molecule has 0 aromatic rings. The van der Waals surface area contributed by atoms with Gasteiger partial charge in [-0.3, -0.25) is 0 Å². The predicted octanol–water partition coefficient (Wildman–Crippen LogP) is 2.20. The highest BCUT2D eigenvalue weighted by atomic mass is 16.5. The number of nitrogens with zero attached hydrogens (tertiary/aromatic N) is 3. The van der Waals surface area contributed by atoms with E-state index in [2.05, 4.69) is 10.0 Å². The van der Waals surface area contributed by atoms with E-state index >= 15 is 0 Å². The summed E-state index contributed by atoms with van der Waals surface area (Å²) in [6.07, 6.45) is 0.900. The number of carboxylic acid groups (broad SMARTS) is 1. The zero-order valence-corrected chi connectivity index (χ0v) is 9.09. The van der Waals surface area contributed by atoms with E-state index in [0.717, 1.165) is 12.8 Å². The molecule has 0 radical (unpaired) electrons. The lowest BCUT2D eigenvalue weighted by Crippen LogP contribution is -2.32. The molecule has 86 valence electrons. The van der Waals surface area contributed by atoms with Crippen LogP contribution in [-0.4, -0.2) is 30.3 Å². The first-order chi connectivity index (χ1) is 7.13. The average Bonchev–Trinajstić information content (AvgIpc) is 2.20. The summed E-state index contributed by atoms with van der Waals surface area (Å²) < 4.78 is 5.22. The highest BCUT2D eigenvalue weighted by molar-refractivity contribution is 5.72. The average molecular weight is 215 g/mol. The Morgan fingerprint density at radius 3 is 2.80 bits per heavy atom. The lowest BCUT2D eigenvalue weighted by atomic mass is 10.1. The van der Waals surface area contributed by atoms with Gasteiger partial charge in [0.05, 0.1) is 0 Å². The first kappa shape index (κ1) is 13.7. The Labute approximate surface area is 88.9 Å².